The largest absolute Gasteiger partial charge is 0.454 e. The molecule has 0 saturated heterocycles. The molecular weight excluding hydrogens is 292 g/mol. The zero-order valence-electron chi connectivity index (χ0n) is 12.2. The van der Waals surface area contributed by atoms with E-state index in [1.807, 2.05) is 26.0 Å². The summed E-state index contributed by atoms with van der Waals surface area (Å²) in [7, 11) is 0. The van der Waals surface area contributed by atoms with Crippen LogP contribution in [0.2, 0.25) is 5.02 Å². The highest BCUT2D eigenvalue weighted by atomic mass is 35.5. The van der Waals surface area contributed by atoms with Crippen LogP contribution in [0.5, 0.6) is 11.5 Å². The number of rotatable bonds is 4. The number of ether oxygens (including phenoxy) is 2. The second kappa shape index (κ2) is 5.58. The zero-order chi connectivity index (χ0) is 15.0. The lowest BCUT2D eigenvalue weighted by Gasteiger charge is -2.14. The maximum atomic E-state index is 6.18. The molecule has 0 spiro atoms. The van der Waals surface area contributed by atoms with E-state index in [1.54, 1.807) is 0 Å². The molecule has 1 atom stereocenters. The van der Waals surface area contributed by atoms with Crippen LogP contribution >= 0.6 is 11.6 Å². The molecule has 0 amide bonds. The van der Waals surface area contributed by atoms with Crippen molar-refractivity contribution in [3.05, 3.63) is 39.7 Å². The molecule has 0 radical (unpaired) electrons. The molecular formula is C15H17ClN2O3. The van der Waals surface area contributed by atoms with Gasteiger partial charge in [0.15, 0.2) is 11.5 Å². The van der Waals surface area contributed by atoms with Crippen LogP contribution in [0.4, 0.5) is 0 Å². The Morgan fingerprint density at radius 1 is 1.33 bits per heavy atom. The van der Waals surface area contributed by atoms with Gasteiger partial charge in [0.1, 0.15) is 5.76 Å². The number of aromatic nitrogens is 1. The van der Waals surface area contributed by atoms with Crippen molar-refractivity contribution < 1.29 is 14.0 Å². The van der Waals surface area contributed by atoms with Crippen molar-refractivity contribution in [2.45, 2.75) is 33.4 Å². The van der Waals surface area contributed by atoms with Gasteiger partial charge in [-0.3, -0.25) is 0 Å². The Balaban J connectivity index is 1.72. The molecule has 1 aromatic carbocycles. The fourth-order valence-corrected chi connectivity index (χ4v) is 2.89. The van der Waals surface area contributed by atoms with E-state index in [0.29, 0.717) is 23.1 Å². The summed E-state index contributed by atoms with van der Waals surface area (Å²) in [5.41, 5.74) is 3.06. The molecule has 5 nitrogen and oxygen atoms in total. The van der Waals surface area contributed by atoms with Crippen molar-refractivity contribution in [1.29, 1.82) is 0 Å². The van der Waals surface area contributed by atoms with Crippen LogP contribution < -0.4 is 14.8 Å². The van der Waals surface area contributed by atoms with Crippen molar-refractivity contribution in [3.63, 3.8) is 0 Å². The minimum absolute atomic E-state index is 0.139. The molecule has 2 aromatic rings. The second-order valence-electron chi connectivity index (χ2n) is 5.15. The summed E-state index contributed by atoms with van der Waals surface area (Å²) in [4.78, 5) is 0. The number of hydrogen-bond donors (Lipinski definition) is 1. The SMILES string of the molecule is Cc1noc(C)c1C(C)NCc1cc(Cl)c2c(c1)OCO2. The van der Waals surface area contributed by atoms with Crippen LogP contribution in [0, 0.1) is 13.8 Å². The first-order chi connectivity index (χ1) is 10.1. The summed E-state index contributed by atoms with van der Waals surface area (Å²) in [6.45, 7) is 6.84. The standard InChI is InChI=1S/C15H17ClN2O3/c1-8(14-9(2)18-21-10(14)3)17-6-11-4-12(16)15-13(5-11)19-7-20-15/h4-5,8,17H,6-7H2,1-3H3. The van der Waals surface area contributed by atoms with Gasteiger partial charge in [-0.1, -0.05) is 16.8 Å². The molecule has 0 fully saturated rings. The number of hydrogen-bond acceptors (Lipinski definition) is 5. The molecule has 2 heterocycles. The minimum atomic E-state index is 0.139. The van der Waals surface area contributed by atoms with Crippen LogP contribution in [0.1, 0.15) is 35.5 Å². The summed E-state index contributed by atoms with van der Waals surface area (Å²) in [5, 5.41) is 8.00. The average molecular weight is 309 g/mol. The highest BCUT2D eigenvalue weighted by Gasteiger charge is 2.19. The quantitative estimate of drug-likeness (QED) is 0.936. The number of nitrogens with one attached hydrogen (secondary N) is 1. The lowest BCUT2D eigenvalue weighted by Crippen LogP contribution is -2.19. The third-order valence-corrected chi connectivity index (χ3v) is 3.90. The average Bonchev–Trinajstić information content (AvgIpc) is 3.03. The Labute approximate surface area is 128 Å². The van der Waals surface area contributed by atoms with Crippen LogP contribution in [-0.4, -0.2) is 11.9 Å². The smallest absolute Gasteiger partial charge is 0.231 e. The normalized spacial score (nSPS) is 14.5. The van der Waals surface area contributed by atoms with Crippen LogP contribution in [-0.2, 0) is 6.54 Å². The van der Waals surface area contributed by atoms with Gasteiger partial charge in [-0.2, -0.15) is 0 Å². The first-order valence-corrected chi connectivity index (χ1v) is 7.18. The molecule has 6 heteroatoms. The van der Waals surface area contributed by atoms with E-state index in [1.165, 1.54) is 0 Å². The number of benzene rings is 1. The molecule has 1 aromatic heterocycles. The first-order valence-electron chi connectivity index (χ1n) is 6.80. The van der Waals surface area contributed by atoms with Gasteiger partial charge in [0, 0.05) is 18.2 Å². The van der Waals surface area contributed by atoms with Crippen molar-refractivity contribution in [2.24, 2.45) is 0 Å². The summed E-state index contributed by atoms with van der Waals surface area (Å²) >= 11 is 6.18. The highest BCUT2D eigenvalue weighted by molar-refractivity contribution is 6.32. The van der Waals surface area contributed by atoms with Crippen molar-refractivity contribution in [1.82, 2.24) is 10.5 Å². The topological polar surface area (TPSA) is 56.5 Å². The third kappa shape index (κ3) is 2.71. The maximum absolute atomic E-state index is 6.18. The van der Waals surface area contributed by atoms with E-state index in [9.17, 15) is 0 Å². The predicted octanol–water partition coefficient (Wildman–Crippen LogP) is 3.52. The molecule has 1 aliphatic heterocycles. The second-order valence-corrected chi connectivity index (χ2v) is 5.56. The lowest BCUT2D eigenvalue weighted by molar-refractivity contribution is 0.174. The van der Waals surface area contributed by atoms with E-state index in [-0.39, 0.29) is 12.8 Å². The Morgan fingerprint density at radius 3 is 2.86 bits per heavy atom. The van der Waals surface area contributed by atoms with Crippen molar-refractivity contribution >= 4 is 11.6 Å². The number of nitrogens with zero attached hydrogens (tertiary/aromatic N) is 1. The monoisotopic (exact) mass is 308 g/mol. The van der Waals surface area contributed by atoms with E-state index in [4.69, 9.17) is 25.6 Å². The summed E-state index contributed by atoms with van der Waals surface area (Å²) < 4.78 is 15.9. The van der Waals surface area contributed by atoms with Crippen molar-refractivity contribution in [2.75, 3.05) is 6.79 Å². The van der Waals surface area contributed by atoms with E-state index < -0.39 is 0 Å². The Morgan fingerprint density at radius 2 is 2.14 bits per heavy atom. The van der Waals surface area contributed by atoms with Crippen LogP contribution in [0.3, 0.4) is 0 Å². The molecule has 0 saturated carbocycles. The third-order valence-electron chi connectivity index (χ3n) is 3.62. The lowest BCUT2D eigenvalue weighted by atomic mass is 10.1. The Kier molecular flexibility index (Phi) is 3.78. The van der Waals surface area contributed by atoms with Gasteiger partial charge in [-0.15, -0.1) is 0 Å². The van der Waals surface area contributed by atoms with Crippen molar-refractivity contribution in [3.8, 4) is 11.5 Å². The molecule has 0 aliphatic carbocycles. The molecule has 112 valence electrons. The summed E-state index contributed by atoms with van der Waals surface area (Å²) in [6.07, 6.45) is 0. The molecule has 1 aliphatic rings. The van der Waals surface area contributed by atoms with Gasteiger partial charge in [-0.25, -0.2) is 0 Å². The van der Waals surface area contributed by atoms with Crippen LogP contribution in [0.15, 0.2) is 16.7 Å². The van der Waals surface area contributed by atoms with E-state index >= 15 is 0 Å². The van der Waals surface area contributed by atoms with Gasteiger partial charge in [0.25, 0.3) is 0 Å². The Hall–Kier alpha value is -1.72. The molecule has 3 rings (SSSR count). The zero-order valence-corrected chi connectivity index (χ0v) is 13.0. The number of aryl methyl sites for hydroxylation is 2. The van der Waals surface area contributed by atoms with Gasteiger partial charge < -0.3 is 19.3 Å². The molecule has 1 N–H and O–H groups in total. The van der Waals surface area contributed by atoms with E-state index in [2.05, 4.69) is 17.4 Å². The highest BCUT2D eigenvalue weighted by Crippen LogP contribution is 2.39. The van der Waals surface area contributed by atoms with E-state index in [0.717, 1.165) is 22.6 Å². The van der Waals surface area contributed by atoms with Gasteiger partial charge in [0.2, 0.25) is 6.79 Å². The fraction of sp³-hybridized carbons (Fsp3) is 0.400. The maximum Gasteiger partial charge on any atom is 0.231 e. The molecule has 0 bridgehead atoms. The van der Waals surface area contributed by atoms with Gasteiger partial charge in [-0.05, 0) is 38.5 Å². The number of fused-ring (bicyclic) bond motifs is 1. The predicted molar refractivity (Wildman–Crippen MR) is 78.8 cm³/mol. The number of halogens is 1. The van der Waals surface area contributed by atoms with Crippen LogP contribution in [0.25, 0.3) is 0 Å². The van der Waals surface area contributed by atoms with Gasteiger partial charge >= 0.3 is 0 Å². The van der Waals surface area contributed by atoms with Gasteiger partial charge in [0.05, 0.1) is 10.7 Å². The molecule has 21 heavy (non-hydrogen) atoms. The Bertz CT molecular complexity index is 650. The molecule has 1 unspecified atom stereocenters. The fourth-order valence-electron chi connectivity index (χ4n) is 2.60. The first kappa shape index (κ1) is 14.2. The summed E-state index contributed by atoms with van der Waals surface area (Å²) in [5.74, 6) is 2.17. The summed E-state index contributed by atoms with van der Waals surface area (Å²) in [6, 6.07) is 3.98. The minimum Gasteiger partial charge on any atom is -0.454 e.